The predicted molar refractivity (Wildman–Crippen MR) is 98.7 cm³/mol. The van der Waals surface area contributed by atoms with Gasteiger partial charge in [0.05, 0.1) is 17.7 Å². The molecule has 2 heterocycles. The van der Waals surface area contributed by atoms with E-state index in [1.165, 1.54) is 0 Å². The second kappa shape index (κ2) is 6.29. The molecule has 0 bridgehead atoms. The van der Waals surface area contributed by atoms with Crippen LogP contribution in [0.25, 0.3) is 0 Å². The minimum atomic E-state index is 0.719. The number of hydrogen-bond acceptors (Lipinski definition) is 5. The summed E-state index contributed by atoms with van der Waals surface area (Å²) in [5.41, 5.74) is 6.92. The summed E-state index contributed by atoms with van der Waals surface area (Å²) in [4.78, 5) is 5.89. The third-order valence-electron chi connectivity index (χ3n) is 3.78. The van der Waals surface area contributed by atoms with Crippen LogP contribution in [0.1, 0.15) is 16.0 Å². The van der Waals surface area contributed by atoms with Crippen molar-refractivity contribution in [2.24, 2.45) is 10.1 Å². The number of benzene rings is 2. The van der Waals surface area contributed by atoms with E-state index in [1.807, 2.05) is 48.5 Å². The molecule has 4 nitrogen and oxygen atoms in total. The molecule has 5 heteroatoms. The fourth-order valence-corrected chi connectivity index (χ4v) is 3.29. The monoisotopic (exact) mass is 333 g/mol. The highest BCUT2D eigenvalue weighted by Crippen LogP contribution is 2.27. The predicted octanol–water partition coefficient (Wildman–Crippen LogP) is 4.19. The summed E-state index contributed by atoms with van der Waals surface area (Å²) in [5, 5.41) is 6.67. The summed E-state index contributed by atoms with van der Waals surface area (Å²) in [6.45, 7) is 0. The smallest absolute Gasteiger partial charge is 0.154 e. The molecule has 0 fully saturated rings. The van der Waals surface area contributed by atoms with Gasteiger partial charge in [-0.2, -0.15) is 5.10 Å². The maximum atomic E-state index is 5.22. The van der Waals surface area contributed by atoms with E-state index >= 15 is 0 Å². The van der Waals surface area contributed by atoms with E-state index in [0.29, 0.717) is 0 Å². The van der Waals surface area contributed by atoms with Crippen molar-refractivity contribution in [3.63, 3.8) is 0 Å². The minimum absolute atomic E-state index is 0.719. The lowest BCUT2D eigenvalue weighted by Gasteiger charge is -2.06. The van der Waals surface area contributed by atoms with Crippen molar-refractivity contribution < 1.29 is 4.74 Å². The van der Waals surface area contributed by atoms with Gasteiger partial charge in [0.1, 0.15) is 11.5 Å². The molecular formula is C19H15N3OS. The number of nitrogens with zero attached hydrogens (tertiary/aromatic N) is 2. The number of para-hydroxylation sites is 1. The van der Waals surface area contributed by atoms with Gasteiger partial charge in [-0.25, -0.2) is 4.99 Å². The summed E-state index contributed by atoms with van der Waals surface area (Å²) >= 11 is 1.67. The van der Waals surface area contributed by atoms with Gasteiger partial charge in [0.15, 0.2) is 5.84 Å². The quantitative estimate of drug-likeness (QED) is 0.781. The van der Waals surface area contributed by atoms with Crippen LogP contribution in [0.5, 0.6) is 5.75 Å². The van der Waals surface area contributed by atoms with Gasteiger partial charge >= 0.3 is 0 Å². The number of ether oxygens (including phenoxy) is 1. The molecular weight excluding hydrogens is 318 g/mol. The molecule has 0 atom stereocenters. The zero-order valence-electron chi connectivity index (χ0n) is 13.1. The normalized spacial score (nSPS) is 13.2. The van der Waals surface area contributed by atoms with Gasteiger partial charge in [-0.15, -0.1) is 11.3 Å². The fourth-order valence-electron chi connectivity index (χ4n) is 2.57. The Morgan fingerprint density at radius 2 is 1.79 bits per heavy atom. The van der Waals surface area contributed by atoms with Gasteiger partial charge in [-0.05, 0) is 41.8 Å². The molecule has 0 saturated heterocycles. The second-order valence-corrected chi connectivity index (χ2v) is 6.20. The van der Waals surface area contributed by atoms with E-state index in [1.54, 1.807) is 18.4 Å². The zero-order valence-corrected chi connectivity index (χ0v) is 13.9. The topological polar surface area (TPSA) is 46.0 Å². The fraction of sp³-hybridized carbons (Fsp3) is 0.0526. The first-order valence-corrected chi connectivity index (χ1v) is 8.43. The highest BCUT2D eigenvalue weighted by Gasteiger charge is 2.17. The molecule has 0 saturated carbocycles. The summed E-state index contributed by atoms with van der Waals surface area (Å²) in [7, 11) is 1.66. The van der Waals surface area contributed by atoms with Gasteiger partial charge in [-0.1, -0.05) is 24.3 Å². The average molecular weight is 333 g/mol. The van der Waals surface area contributed by atoms with Crippen molar-refractivity contribution in [3.8, 4) is 5.75 Å². The summed E-state index contributed by atoms with van der Waals surface area (Å²) in [5.74, 6) is 1.54. The Kier molecular flexibility index (Phi) is 3.84. The molecule has 2 aromatic carbocycles. The van der Waals surface area contributed by atoms with Crippen molar-refractivity contribution in [2.75, 3.05) is 7.11 Å². The molecule has 1 N–H and O–H groups in total. The first-order valence-electron chi connectivity index (χ1n) is 7.55. The lowest BCUT2D eigenvalue weighted by atomic mass is 10.1. The molecule has 1 aliphatic heterocycles. The highest BCUT2D eigenvalue weighted by atomic mass is 32.1. The Labute approximate surface area is 144 Å². The molecule has 0 amide bonds. The first-order chi connectivity index (χ1) is 11.8. The number of aliphatic imine (C=N–C) groups is 1. The van der Waals surface area contributed by atoms with Crippen molar-refractivity contribution >= 4 is 28.6 Å². The summed E-state index contributed by atoms with van der Waals surface area (Å²) in [6, 6.07) is 19.9. The third-order valence-corrected chi connectivity index (χ3v) is 4.66. The first kappa shape index (κ1) is 14.7. The molecule has 4 rings (SSSR count). The van der Waals surface area contributed by atoms with Crippen molar-refractivity contribution in [3.05, 3.63) is 82.0 Å². The van der Waals surface area contributed by atoms with Gasteiger partial charge in [0.2, 0.25) is 0 Å². The molecule has 0 radical (unpaired) electrons. The second-order valence-electron chi connectivity index (χ2n) is 5.26. The van der Waals surface area contributed by atoms with E-state index in [9.17, 15) is 0 Å². The Balaban J connectivity index is 1.80. The van der Waals surface area contributed by atoms with Crippen LogP contribution in [0.4, 0.5) is 5.69 Å². The molecule has 3 aromatic rings. The molecule has 0 aliphatic carbocycles. The average Bonchev–Trinajstić information content (AvgIpc) is 3.09. The zero-order chi connectivity index (χ0) is 16.4. The maximum Gasteiger partial charge on any atom is 0.154 e. The van der Waals surface area contributed by atoms with Gasteiger partial charge in [-0.3, -0.25) is 5.43 Å². The SMILES string of the molecule is COc1ccc(C2=Nc3ccccc3C(c3cccs3)=NN2)cc1. The van der Waals surface area contributed by atoms with Gasteiger partial charge in [0.25, 0.3) is 0 Å². The lowest BCUT2D eigenvalue weighted by Crippen LogP contribution is -2.19. The van der Waals surface area contributed by atoms with Crippen molar-refractivity contribution in [2.45, 2.75) is 0 Å². The number of nitrogens with one attached hydrogen (secondary N) is 1. The molecule has 0 spiro atoms. The summed E-state index contributed by atoms with van der Waals surface area (Å²) in [6.07, 6.45) is 0. The number of hydrazone groups is 1. The van der Waals surface area contributed by atoms with E-state index < -0.39 is 0 Å². The third kappa shape index (κ3) is 2.70. The van der Waals surface area contributed by atoms with E-state index in [4.69, 9.17) is 9.73 Å². The highest BCUT2D eigenvalue weighted by molar-refractivity contribution is 7.12. The number of fused-ring (bicyclic) bond motifs is 1. The maximum absolute atomic E-state index is 5.22. The van der Waals surface area contributed by atoms with E-state index in [2.05, 4.69) is 28.0 Å². The van der Waals surface area contributed by atoms with Crippen LogP contribution in [0.2, 0.25) is 0 Å². The number of rotatable bonds is 3. The van der Waals surface area contributed by atoms with Gasteiger partial charge < -0.3 is 4.74 Å². The van der Waals surface area contributed by atoms with Crippen LogP contribution in [0.15, 0.2) is 76.1 Å². The van der Waals surface area contributed by atoms with E-state index in [-0.39, 0.29) is 0 Å². The molecule has 1 aliphatic rings. The Bertz CT molecular complexity index is 912. The molecule has 0 unspecified atom stereocenters. The van der Waals surface area contributed by atoms with Crippen LogP contribution in [-0.4, -0.2) is 18.7 Å². The Morgan fingerprint density at radius 3 is 2.54 bits per heavy atom. The van der Waals surface area contributed by atoms with Crippen LogP contribution in [0.3, 0.4) is 0 Å². The van der Waals surface area contributed by atoms with E-state index in [0.717, 1.165) is 39.0 Å². The van der Waals surface area contributed by atoms with Crippen LogP contribution in [0, 0.1) is 0 Å². The molecule has 118 valence electrons. The Morgan fingerprint density at radius 1 is 0.958 bits per heavy atom. The minimum Gasteiger partial charge on any atom is -0.497 e. The largest absolute Gasteiger partial charge is 0.497 e. The van der Waals surface area contributed by atoms with Crippen LogP contribution >= 0.6 is 11.3 Å². The number of thiophene rings is 1. The van der Waals surface area contributed by atoms with Crippen LogP contribution in [-0.2, 0) is 0 Å². The number of methoxy groups -OCH3 is 1. The standard InChI is InChI=1S/C19H15N3OS/c1-23-14-10-8-13(9-11-14)19-20-16-6-3-2-5-15(16)18(21-22-19)17-7-4-12-24-17/h2-12H,1H3,(H,20,22). The van der Waals surface area contributed by atoms with Gasteiger partial charge in [0, 0.05) is 11.1 Å². The molecule has 1 aromatic heterocycles. The van der Waals surface area contributed by atoms with Crippen molar-refractivity contribution in [1.82, 2.24) is 5.43 Å². The van der Waals surface area contributed by atoms with Crippen molar-refractivity contribution in [1.29, 1.82) is 0 Å². The number of hydrogen-bond donors (Lipinski definition) is 1. The molecule has 24 heavy (non-hydrogen) atoms. The summed E-state index contributed by atoms with van der Waals surface area (Å²) < 4.78 is 5.22. The van der Waals surface area contributed by atoms with Crippen LogP contribution < -0.4 is 10.2 Å². The Hall–Kier alpha value is -2.92. The lowest BCUT2D eigenvalue weighted by molar-refractivity contribution is 0.415. The number of amidine groups is 1.